The molecule has 0 aromatic heterocycles. The van der Waals surface area contributed by atoms with Crippen molar-refractivity contribution in [2.24, 2.45) is 0 Å². The van der Waals surface area contributed by atoms with Crippen LogP contribution in [-0.2, 0) is 9.47 Å². The molecule has 13 heavy (non-hydrogen) atoms. The molecule has 0 spiro atoms. The molecule has 0 unspecified atom stereocenters. The zero-order valence-corrected chi connectivity index (χ0v) is 9.48. The lowest BCUT2D eigenvalue weighted by atomic mass is 10.3. The maximum absolute atomic E-state index is 5.54. The van der Waals surface area contributed by atoms with E-state index < -0.39 is 0 Å². The Kier molecular flexibility index (Phi) is 10.5. The average molecular weight is 209 g/mol. The molecule has 0 aliphatic carbocycles. The van der Waals surface area contributed by atoms with Crippen molar-refractivity contribution in [3.05, 3.63) is 0 Å². The maximum Gasteiger partial charge on any atom is 0.0703 e. The third-order valence-electron chi connectivity index (χ3n) is 1.60. The van der Waals surface area contributed by atoms with Crippen LogP contribution in [0.4, 0.5) is 0 Å². The zero-order chi connectivity index (χ0) is 9.94. The number of rotatable bonds is 9. The quantitative estimate of drug-likeness (QED) is 0.429. The Morgan fingerprint density at radius 3 is 2.38 bits per heavy atom. The Hall–Kier alpha value is 0.210. The van der Waals surface area contributed by atoms with Crippen LogP contribution in [0.3, 0.4) is 0 Å². The Bertz CT molecular complexity index is 96.9. The molecule has 0 fully saturated rings. The van der Waals surface area contributed by atoms with Gasteiger partial charge in [0.1, 0.15) is 0 Å². The van der Waals surface area contributed by atoms with Crippen LogP contribution in [0.1, 0.15) is 33.1 Å². The molecular formula is C10H21ClO2. The highest BCUT2D eigenvalue weighted by molar-refractivity contribution is 6.17. The van der Waals surface area contributed by atoms with Crippen LogP contribution in [0.15, 0.2) is 0 Å². The summed E-state index contributed by atoms with van der Waals surface area (Å²) in [5, 5.41) is 0. The van der Waals surface area contributed by atoms with Gasteiger partial charge in [0.15, 0.2) is 0 Å². The topological polar surface area (TPSA) is 18.5 Å². The fraction of sp³-hybridized carbons (Fsp3) is 1.00. The number of ether oxygens (including phenoxy) is 2. The Morgan fingerprint density at radius 1 is 1.00 bits per heavy atom. The molecule has 3 heteroatoms. The summed E-state index contributed by atoms with van der Waals surface area (Å²) in [7, 11) is 0. The van der Waals surface area contributed by atoms with Gasteiger partial charge in [0.05, 0.1) is 19.3 Å². The first-order valence-electron chi connectivity index (χ1n) is 5.02. The molecule has 0 N–H and O–H groups in total. The average Bonchev–Trinajstić information content (AvgIpc) is 2.09. The molecule has 0 radical (unpaired) electrons. The predicted molar refractivity (Wildman–Crippen MR) is 56.5 cm³/mol. The lowest BCUT2D eigenvalue weighted by molar-refractivity contribution is 0.0187. The summed E-state index contributed by atoms with van der Waals surface area (Å²) in [6.45, 7) is 6.30. The van der Waals surface area contributed by atoms with E-state index in [1.165, 1.54) is 0 Å². The third-order valence-corrected chi connectivity index (χ3v) is 1.87. The van der Waals surface area contributed by atoms with Crippen LogP contribution in [0.5, 0.6) is 0 Å². The zero-order valence-electron chi connectivity index (χ0n) is 8.72. The van der Waals surface area contributed by atoms with Crippen LogP contribution in [-0.4, -0.2) is 31.8 Å². The summed E-state index contributed by atoms with van der Waals surface area (Å²) in [6, 6.07) is 0. The van der Waals surface area contributed by atoms with Gasteiger partial charge >= 0.3 is 0 Å². The van der Waals surface area contributed by atoms with Crippen LogP contribution in [0.25, 0.3) is 0 Å². The minimum absolute atomic E-state index is 0.305. The van der Waals surface area contributed by atoms with Gasteiger partial charge in [-0.15, -0.1) is 11.6 Å². The molecule has 0 aliphatic rings. The summed E-state index contributed by atoms with van der Waals surface area (Å²) in [5.74, 6) is 0.760. The Balaban J connectivity index is 2.84. The number of halogens is 1. The van der Waals surface area contributed by atoms with Gasteiger partial charge in [0.25, 0.3) is 0 Å². The van der Waals surface area contributed by atoms with Gasteiger partial charge in [0, 0.05) is 12.5 Å². The van der Waals surface area contributed by atoms with Crippen molar-refractivity contribution < 1.29 is 9.47 Å². The fourth-order valence-corrected chi connectivity index (χ4v) is 1.11. The van der Waals surface area contributed by atoms with Gasteiger partial charge in [-0.1, -0.05) is 0 Å². The minimum atomic E-state index is 0.305. The molecule has 0 aliphatic heterocycles. The molecule has 0 bridgehead atoms. The van der Waals surface area contributed by atoms with Crippen molar-refractivity contribution in [2.45, 2.75) is 39.2 Å². The highest BCUT2D eigenvalue weighted by atomic mass is 35.5. The van der Waals surface area contributed by atoms with Crippen LogP contribution in [0.2, 0.25) is 0 Å². The largest absolute Gasteiger partial charge is 0.379 e. The highest BCUT2D eigenvalue weighted by Crippen LogP contribution is 1.97. The molecule has 80 valence electrons. The molecule has 0 atom stereocenters. The first kappa shape index (κ1) is 13.2. The molecule has 0 heterocycles. The molecule has 0 aromatic carbocycles. The van der Waals surface area contributed by atoms with Gasteiger partial charge in [-0.25, -0.2) is 0 Å². The standard InChI is InChI=1S/C10H21ClO2/c1-10(2)13-9-8-12-7-5-3-4-6-11/h10H,3-9H2,1-2H3. The van der Waals surface area contributed by atoms with Gasteiger partial charge in [-0.2, -0.15) is 0 Å². The van der Waals surface area contributed by atoms with E-state index in [9.17, 15) is 0 Å². The SMILES string of the molecule is CC(C)OCCOCCCCCCl. The maximum atomic E-state index is 5.54. The molecule has 0 saturated carbocycles. The fourth-order valence-electron chi connectivity index (χ4n) is 0.920. The second-order valence-corrected chi connectivity index (χ2v) is 3.66. The van der Waals surface area contributed by atoms with Crippen LogP contribution < -0.4 is 0 Å². The number of alkyl halides is 1. The van der Waals surface area contributed by atoms with E-state index in [-0.39, 0.29) is 0 Å². The summed E-state index contributed by atoms with van der Waals surface area (Å²) in [6.07, 6.45) is 3.66. The van der Waals surface area contributed by atoms with E-state index in [4.69, 9.17) is 21.1 Å². The third kappa shape index (κ3) is 12.2. The second-order valence-electron chi connectivity index (χ2n) is 3.28. The van der Waals surface area contributed by atoms with E-state index >= 15 is 0 Å². The molecule has 0 saturated heterocycles. The summed E-state index contributed by atoms with van der Waals surface area (Å²) in [5.41, 5.74) is 0. The monoisotopic (exact) mass is 208 g/mol. The van der Waals surface area contributed by atoms with E-state index in [1.807, 2.05) is 13.8 Å². The first-order chi connectivity index (χ1) is 6.27. The first-order valence-corrected chi connectivity index (χ1v) is 5.56. The molecular weight excluding hydrogens is 188 g/mol. The van der Waals surface area contributed by atoms with Crippen LogP contribution >= 0.6 is 11.6 Å². The molecule has 0 rings (SSSR count). The number of hydrogen-bond acceptors (Lipinski definition) is 2. The Morgan fingerprint density at radius 2 is 1.77 bits per heavy atom. The van der Waals surface area contributed by atoms with Crippen molar-refractivity contribution in [2.75, 3.05) is 25.7 Å². The van der Waals surface area contributed by atoms with Gasteiger partial charge < -0.3 is 9.47 Å². The van der Waals surface area contributed by atoms with Gasteiger partial charge in [-0.05, 0) is 33.1 Å². The predicted octanol–water partition coefficient (Wildman–Crippen LogP) is 2.84. The van der Waals surface area contributed by atoms with Crippen molar-refractivity contribution in [3.8, 4) is 0 Å². The second kappa shape index (κ2) is 10.3. The van der Waals surface area contributed by atoms with E-state index in [1.54, 1.807) is 0 Å². The van der Waals surface area contributed by atoms with Crippen LogP contribution in [0, 0.1) is 0 Å². The normalized spacial score (nSPS) is 11.1. The molecule has 0 aromatic rings. The van der Waals surface area contributed by atoms with Crippen molar-refractivity contribution >= 4 is 11.6 Å². The summed E-state index contributed by atoms with van der Waals surface area (Å²) >= 11 is 5.54. The van der Waals surface area contributed by atoms with Crippen molar-refractivity contribution in [1.82, 2.24) is 0 Å². The summed E-state index contributed by atoms with van der Waals surface area (Å²) in [4.78, 5) is 0. The van der Waals surface area contributed by atoms with Gasteiger partial charge in [-0.3, -0.25) is 0 Å². The molecule has 0 amide bonds. The van der Waals surface area contributed by atoms with Crippen molar-refractivity contribution in [1.29, 1.82) is 0 Å². The highest BCUT2D eigenvalue weighted by Gasteiger charge is 1.93. The van der Waals surface area contributed by atoms with E-state index in [0.29, 0.717) is 19.3 Å². The smallest absolute Gasteiger partial charge is 0.0703 e. The molecule has 2 nitrogen and oxygen atoms in total. The van der Waals surface area contributed by atoms with E-state index in [0.717, 1.165) is 31.7 Å². The minimum Gasteiger partial charge on any atom is -0.379 e. The van der Waals surface area contributed by atoms with Crippen molar-refractivity contribution in [3.63, 3.8) is 0 Å². The Labute approximate surface area is 86.6 Å². The lowest BCUT2D eigenvalue weighted by Crippen LogP contribution is -2.10. The van der Waals surface area contributed by atoms with Gasteiger partial charge in [0.2, 0.25) is 0 Å². The lowest BCUT2D eigenvalue weighted by Gasteiger charge is -2.07. The number of unbranched alkanes of at least 4 members (excludes halogenated alkanes) is 2. The van der Waals surface area contributed by atoms with E-state index in [2.05, 4.69) is 0 Å². The summed E-state index contributed by atoms with van der Waals surface area (Å²) < 4.78 is 10.7. The number of hydrogen-bond donors (Lipinski definition) is 0.